The lowest BCUT2D eigenvalue weighted by molar-refractivity contribution is -0.138. The van der Waals surface area contributed by atoms with Crippen LogP contribution in [0.1, 0.15) is 39.1 Å². The number of piperazine rings is 1. The van der Waals surface area contributed by atoms with E-state index in [9.17, 15) is 18.8 Å². The van der Waals surface area contributed by atoms with E-state index in [1.165, 1.54) is 18.2 Å². The number of likely N-dealkylation sites (tertiary alicyclic amines) is 1. The number of rotatable bonds is 4. The van der Waals surface area contributed by atoms with E-state index in [0.717, 1.165) is 31.7 Å². The Balaban J connectivity index is 1.38. The number of nitrogens with one attached hydrogen (secondary N) is 1. The molecule has 0 aliphatic carbocycles. The Labute approximate surface area is 199 Å². The van der Waals surface area contributed by atoms with Crippen molar-refractivity contribution >= 4 is 23.4 Å². The predicted molar refractivity (Wildman–Crippen MR) is 128 cm³/mol. The van der Waals surface area contributed by atoms with Crippen molar-refractivity contribution in [2.45, 2.75) is 19.8 Å². The highest BCUT2D eigenvalue weighted by Crippen LogP contribution is 2.24. The average molecular weight is 467 g/mol. The van der Waals surface area contributed by atoms with Crippen molar-refractivity contribution in [2.24, 2.45) is 5.92 Å². The molecule has 1 N–H and O–H groups in total. The van der Waals surface area contributed by atoms with Crippen LogP contribution in [0, 0.1) is 18.7 Å². The summed E-state index contributed by atoms with van der Waals surface area (Å²) in [7, 11) is 2.06. The van der Waals surface area contributed by atoms with Crippen LogP contribution in [0.3, 0.4) is 0 Å². The molecule has 8 heteroatoms. The van der Waals surface area contributed by atoms with Crippen LogP contribution in [0.4, 0.5) is 10.1 Å². The summed E-state index contributed by atoms with van der Waals surface area (Å²) in [5.74, 6) is -1.13. The number of piperidine rings is 1. The van der Waals surface area contributed by atoms with E-state index in [2.05, 4.69) is 17.3 Å². The molecule has 2 aliphatic heterocycles. The Bertz CT molecular complexity index is 1070. The van der Waals surface area contributed by atoms with Gasteiger partial charge in [0.2, 0.25) is 5.91 Å². The minimum Gasteiger partial charge on any atom is -0.340 e. The van der Waals surface area contributed by atoms with E-state index < -0.39 is 11.7 Å². The molecule has 0 radical (unpaired) electrons. The molecule has 0 unspecified atom stereocenters. The molecule has 0 saturated carbocycles. The zero-order valence-corrected chi connectivity index (χ0v) is 19.7. The molecule has 7 nitrogen and oxygen atoms in total. The van der Waals surface area contributed by atoms with Crippen molar-refractivity contribution in [2.75, 3.05) is 51.6 Å². The second kappa shape index (κ2) is 10.3. The van der Waals surface area contributed by atoms with Gasteiger partial charge in [-0.05, 0) is 56.6 Å². The number of hydrogen-bond acceptors (Lipinski definition) is 4. The van der Waals surface area contributed by atoms with E-state index in [1.54, 1.807) is 29.2 Å². The minimum atomic E-state index is -0.598. The lowest BCUT2D eigenvalue weighted by Crippen LogP contribution is -2.51. The Kier molecular flexibility index (Phi) is 7.26. The highest BCUT2D eigenvalue weighted by Gasteiger charge is 2.31. The third kappa shape index (κ3) is 5.28. The third-order valence-electron chi connectivity index (χ3n) is 6.80. The molecule has 0 aromatic heterocycles. The quantitative estimate of drug-likeness (QED) is 0.752. The molecule has 2 aromatic carbocycles. The number of likely N-dealkylation sites (N-methyl/N-ethyl adjacent to an activating group) is 1. The largest absolute Gasteiger partial charge is 0.340 e. The zero-order valence-electron chi connectivity index (χ0n) is 19.7. The highest BCUT2D eigenvalue weighted by atomic mass is 19.1. The summed E-state index contributed by atoms with van der Waals surface area (Å²) in [5, 5.41) is 2.72. The van der Waals surface area contributed by atoms with Gasteiger partial charge in [0.05, 0.1) is 5.56 Å². The maximum absolute atomic E-state index is 14.0. The van der Waals surface area contributed by atoms with Crippen molar-refractivity contribution in [3.05, 3.63) is 65.0 Å². The number of hydrogen-bond donors (Lipinski definition) is 1. The number of benzene rings is 2. The number of carbonyl (C=O) groups is 3. The van der Waals surface area contributed by atoms with Crippen molar-refractivity contribution < 1.29 is 18.8 Å². The summed E-state index contributed by atoms with van der Waals surface area (Å²) >= 11 is 0. The maximum Gasteiger partial charge on any atom is 0.258 e. The molecule has 2 saturated heterocycles. The molecule has 2 aromatic rings. The molecule has 0 bridgehead atoms. The summed E-state index contributed by atoms with van der Waals surface area (Å²) in [6, 6.07) is 10.9. The maximum atomic E-state index is 14.0. The van der Waals surface area contributed by atoms with E-state index >= 15 is 0 Å². The van der Waals surface area contributed by atoms with Gasteiger partial charge in [0.25, 0.3) is 11.8 Å². The van der Waals surface area contributed by atoms with Gasteiger partial charge in [0.1, 0.15) is 5.82 Å². The normalized spacial score (nSPS) is 17.5. The summed E-state index contributed by atoms with van der Waals surface area (Å²) < 4.78 is 14.0. The number of carbonyl (C=O) groups excluding carboxylic acids is 3. The fourth-order valence-electron chi connectivity index (χ4n) is 4.52. The molecule has 180 valence electrons. The van der Waals surface area contributed by atoms with Gasteiger partial charge >= 0.3 is 0 Å². The molecule has 4 rings (SSSR count). The summed E-state index contributed by atoms with van der Waals surface area (Å²) in [4.78, 5) is 44.5. The van der Waals surface area contributed by atoms with E-state index in [-0.39, 0.29) is 23.3 Å². The number of anilines is 1. The van der Waals surface area contributed by atoms with Gasteiger partial charge in [-0.2, -0.15) is 0 Å². The Hall–Kier alpha value is -3.26. The SMILES string of the molecule is Cc1ccc(C(=O)N2CCC(C(=O)N3CCN(C)CC3)CC2)cc1NC(=O)c1ccccc1F. The van der Waals surface area contributed by atoms with Crippen LogP contribution < -0.4 is 5.32 Å². The van der Waals surface area contributed by atoms with Gasteiger partial charge in [-0.1, -0.05) is 18.2 Å². The smallest absolute Gasteiger partial charge is 0.258 e. The monoisotopic (exact) mass is 466 g/mol. The van der Waals surface area contributed by atoms with Crippen LogP contribution in [-0.2, 0) is 4.79 Å². The summed E-state index contributed by atoms with van der Waals surface area (Å²) in [6.07, 6.45) is 1.30. The van der Waals surface area contributed by atoms with Crippen LogP contribution in [0.25, 0.3) is 0 Å². The van der Waals surface area contributed by atoms with E-state index in [0.29, 0.717) is 37.2 Å². The van der Waals surface area contributed by atoms with Gasteiger partial charge in [-0.25, -0.2) is 4.39 Å². The molecule has 0 spiro atoms. The highest BCUT2D eigenvalue weighted by molar-refractivity contribution is 6.05. The molecular formula is C26H31FN4O3. The van der Waals surface area contributed by atoms with Crippen LogP contribution in [0.5, 0.6) is 0 Å². The van der Waals surface area contributed by atoms with Gasteiger partial charge in [-0.3, -0.25) is 14.4 Å². The van der Waals surface area contributed by atoms with Crippen LogP contribution >= 0.6 is 0 Å². The van der Waals surface area contributed by atoms with Crippen LogP contribution in [0.2, 0.25) is 0 Å². The van der Waals surface area contributed by atoms with Crippen molar-refractivity contribution in [3.8, 4) is 0 Å². The number of halogens is 1. The lowest BCUT2D eigenvalue weighted by Gasteiger charge is -2.37. The third-order valence-corrected chi connectivity index (χ3v) is 6.80. The second-order valence-corrected chi connectivity index (χ2v) is 9.16. The Morgan fingerprint density at radius 3 is 2.26 bits per heavy atom. The van der Waals surface area contributed by atoms with Gasteiger partial charge in [0, 0.05) is 56.4 Å². The minimum absolute atomic E-state index is 0.0407. The standard InChI is InChI=1S/C26H31FN4O3/c1-18-7-8-20(17-23(18)28-24(32)21-5-3-4-6-22(21)27)26(34)30-11-9-19(10-12-30)25(33)31-15-13-29(2)14-16-31/h3-8,17,19H,9-16H2,1-2H3,(H,28,32). The first-order valence-corrected chi connectivity index (χ1v) is 11.8. The summed E-state index contributed by atoms with van der Waals surface area (Å²) in [5.41, 5.74) is 1.65. The predicted octanol–water partition coefficient (Wildman–Crippen LogP) is 3.01. The molecule has 2 heterocycles. The Morgan fingerprint density at radius 2 is 1.59 bits per heavy atom. The van der Waals surface area contributed by atoms with Crippen molar-refractivity contribution in [1.29, 1.82) is 0 Å². The first-order chi connectivity index (χ1) is 16.3. The van der Waals surface area contributed by atoms with Crippen molar-refractivity contribution in [3.63, 3.8) is 0 Å². The Morgan fingerprint density at radius 1 is 0.912 bits per heavy atom. The van der Waals surface area contributed by atoms with Crippen LogP contribution in [-0.4, -0.2) is 78.7 Å². The number of aryl methyl sites for hydroxylation is 1. The average Bonchev–Trinajstić information content (AvgIpc) is 2.85. The number of amides is 3. The number of nitrogens with zero attached hydrogens (tertiary/aromatic N) is 3. The molecule has 2 aliphatic rings. The topological polar surface area (TPSA) is 73.0 Å². The van der Waals surface area contributed by atoms with Crippen molar-refractivity contribution in [1.82, 2.24) is 14.7 Å². The van der Waals surface area contributed by atoms with E-state index in [1.807, 2.05) is 11.8 Å². The van der Waals surface area contributed by atoms with Gasteiger partial charge < -0.3 is 20.0 Å². The fourth-order valence-corrected chi connectivity index (χ4v) is 4.52. The zero-order chi connectivity index (χ0) is 24.2. The summed E-state index contributed by atoms with van der Waals surface area (Å²) in [6.45, 7) is 6.18. The van der Waals surface area contributed by atoms with Gasteiger partial charge in [0.15, 0.2) is 0 Å². The first kappa shape index (κ1) is 23.9. The molecule has 2 fully saturated rings. The van der Waals surface area contributed by atoms with E-state index in [4.69, 9.17) is 0 Å². The van der Waals surface area contributed by atoms with Gasteiger partial charge in [-0.15, -0.1) is 0 Å². The molecule has 34 heavy (non-hydrogen) atoms. The van der Waals surface area contributed by atoms with Crippen LogP contribution in [0.15, 0.2) is 42.5 Å². The molecule has 0 atom stereocenters. The molecular weight excluding hydrogens is 435 g/mol. The second-order valence-electron chi connectivity index (χ2n) is 9.16. The molecule has 3 amide bonds. The first-order valence-electron chi connectivity index (χ1n) is 11.8. The fraction of sp³-hybridized carbons (Fsp3) is 0.423. The lowest BCUT2D eigenvalue weighted by atomic mass is 9.94.